The number of aliphatic hydroxyl groups excluding tert-OH is 4. The molecule has 0 bridgehead atoms. The van der Waals surface area contributed by atoms with Crippen LogP contribution in [0.15, 0.2) is 42.5 Å². The fourth-order valence-corrected chi connectivity index (χ4v) is 4.22. The number of rotatable bonds is 13. The number of aromatic hydroxyl groups is 3. The van der Waals surface area contributed by atoms with Crippen LogP contribution in [0.1, 0.15) is 36.8 Å². The minimum absolute atomic E-state index is 0.0504. The summed E-state index contributed by atoms with van der Waals surface area (Å²) in [6.45, 7) is -0.640. The summed E-state index contributed by atoms with van der Waals surface area (Å²) in [5.41, 5.74) is 1.51. The lowest BCUT2D eigenvalue weighted by atomic mass is 9.97. The third-order valence-electron chi connectivity index (χ3n) is 6.50. The Hall–Kier alpha value is -3.06. The lowest BCUT2D eigenvalue weighted by molar-refractivity contribution is -0.311. The molecule has 0 saturated carbocycles. The molecule has 11 nitrogen and oxygen atoms in total. The summed E-state index contributed by atoms with van der Waals surface area (Å²) in [5.74, 6) is -1.76. The Balaban J connectivity index is 1.62. The molecule has 2 aromatic rings. The molecule has 3 rings (SSSR count). The summed E-state index contributed by atoms with van der Waals surface area (Å²) in [5, 5.41) is 68.3. The summed E-state index contributed by atoms with van der Waals surface area (Å²) in [4.78, 5) is 25.3. The molecule has 0 amide bonds. The van der Waals surface area contributed by atoms with Crippen molar-refractivity contribution in [2.24, 2.45) is 0 Å². The van der Waals surface area contributed by atoms with E-state index in [0.717, 1.165) is 5.56 Å². The quantitative estimate of drug-likeness (QED) is 0.139. The fourth-order valence-electron chi connectivity index (χ4n) is 4.22. The second-order valence-electron chi connectivity index (χ2n) is 9.39. The first-order chi connectivity index (χ1) is 18.1. The van der Waals surface area contributed by atoms with E-state index in [0.29, 0.717) is 24.8 Å². The van der Waals surface area contributed by atoms with Gasteiger partial charge in [-0.1, -0.05) is 18.2 Å². The van der Waals surface area contributed by atoms with E-state index in [1.54, 1.807) is 18.2 Å². The van der Waals surface area contributed by atoms with Crippen LogP contribution in [-0.4, -0.2) is 90.7 Å². The van der Waals surface area contributed by atoms with E-state index >= 15 is 0 Å². The Morgan fingerprint density at radius 3 is 2.18 bits per heavy atom. The second kappa shape index (κ2) is 13.7. The molecule has 1 heterocycles. The van der Waals surface area contributed by atoms with Crippen LogP contribution in [-0.2, 0) is 31.9 Å². The molecule has 38 heavy (non-hydrogen) atoms. The number of ketones is 2. The van der Waals surface area contributed by atoms with Crippen LogP contribution in [0, 0.1) is 0 Å². The summed E-state index contributed by atoms with van der Waals surface area (Å²) in [7, 11) is 0. The standard InChI is InChI=1S/C27H34O11/c28-14-23-24(34)25(35)26(36)27(38-23)37-18(10-6-15-4-8-17(29)9-5-15)13-22(33)19(30)3-1-2-16-7-11-20(31)21(32)12-16/h4-5,7-9,11-12,18,23-29,31-32,34-36H,1-3,6,10,13-14H2. The zero-order valence-corrected chi connectivity index (χ0v) is 20.7. The molecule has 0 aliphatic carbocycles. The topological polar surface area (TPSA) is 194 Å². The van der Waals surface area contributed by atoms with E-state index in [2.05, 4.69) is 0 Å². The van der Waals surface area contributed by atoms with Gasteiger partial charge in [0.25, 0.3) is 0 Å². The van der Waals surface area contributed by atoms with Crippen molar-refractivity contribution in [2.45, 2.75) is 75.3 Å². The average molecular weight is 535 g/mol. The Labute approximate surface area is 219 Å². The van der Waals surface area contributed by atoms with Crippen LogP contribution in [0.4, 0.5) is 0 Å². The number of hydrogen-bond acceptors (Lipinski definition) is 11. The van der Waals surface area contributed by atoms with Gasteiger partial charge in [-0.3, -0.25) is 9.59 Å². The fraction of sp³-hybridized carbons (Fsp3) is 0.481. The van der Waals surface area contributed by atoms with E-state index in [4.69, 9.17) is 9.47 Å². The molecule has 6 unspecified atom stereocenters. The molecule has 7 N–H and O–H groups in total. The van der Waals surface area contributed by atoms with E-state index in [1.165, 1.54) is 24.3 Å². The predicted octanol–water partition coefficient (Wildman–Crippen LogP) is 0.472. The van der Waals surface area contributed by atoms with Crippen molar-refractivity contribution in [3.8, 4) is 17.2 Å². The van der Waals surface area contributed by atoms with E-state index in [9.17, 15) is 45.3 Å². The summed E-state index contributed by atoms with van der Waals surface area (Å²) in [6, 6.07) is 10.7. The lowest BCUT2D eigenvalue weighted by Gasteiger charge is -2.40. The molecule has 2 aromatic carbocycles. The summed E-state index contributed by atoms with van der Waals surface area (Å²) in [6.07, 6.45) is -7.44. The highest BCUT2D eigenvalue weighted by molar-refractivity contribution is 6.37. The Bertz CT molecular complexity index is 1070. The van der Waals surface area contributed by atoms with Gasteiger partial charge in [0.2, 0.25) is 5.78 Å². The zero-order valence-electron chi connectivity index (χ0n) is 20.7. The van der Waals surface area contributed by atoms with Crippen molar-refractivity contribution in [1.82, 2.24) is 0 Å². The number of aryl methyl sites for hydroxylation is 2. The minimum Gasteiger partial charge on any atom is -0.508 e. The number of benzene rings is 2. The lowest BCUT2D eigenvalue weighted by Crippen LogP contribution is -2.59. The second-order valence-corrected chi connectivity index (χ2v) is 9.39. The molecule has 1 aliphatic heterocycles. The number of carbonyl (C=O) groups is 2. The molecule has 11 heteroatoms. The van der Waals surface area contributed by atoms with Gasteiger partial charge in [-0.2, -0.15) is 0 Å². The number of phenolic OH excluding ortho intramolecular Hbond substituents is 3. The Morgan fingerprint density at radius 2 is 1.53 bits per heavy atom. The van der Waals surface area contributed by atoms with Gasteiger partial charge in [0.1, 0.15) is 30.2 Å². The van der Waals surface area contributed by atoms with E-state index in [-0.39, 0.29) is 36.5 Å². The maximum absolute atomic E-state index is 12.7. The van der Waals surface area contributed by atoms with Gasteiger partial charge in [0.15, 0.2) is 23.6 Å². The Kier molecular flexibility index (Phi) is 10.6. The van der Waals surface area contributed by atoms with Gasteiger partial charge in [-0.25, -0.2) is 0 Å². The van der Waals surface area contributed by atoms with Gasteiger partial charge in [0, 0.05) is 12.8 Å². The van der Waals surface area contributed by atoms with Gasteiger partial charge < -0.3 is 45.2 Å². The summed E-state index contributed by atoms with van der Waals surface area (Å²) < 4.78 is 11.2. The maximum Gasteiger partial charge on any atom is 0.200 e. The number of ether oxygens (including phenoxy) is 2. The van der Waals surface area contributed by atoms with Crippen molar-refractivity contribution in [1.29, 1.82) is 0 Å². The number of phenols is 3. The maximum atomic E-state index is 12.7. The van der Waals surface area contributed by atoms with Crippen LogP contribution >= 0.6 is 0 Å². The van der Waals surface area contributed by atoms with Crippen LogP contribution in [0.5, 0.6) is 17.2 Å². The highest BCUT2D eigenvalue weighted by Gasteiger charge is 2.45. The smallest absolute Gasteiger partial charge is 0.200 e. The van der Waals surface area contributed by atoms with Crippen LogP contribution in [0.25, 0.3) is 0 Å². The predicted molar refractivity (Wildman–Crippen MR) is 132 cm³/mol. The van der Waals surface area contributed by atoms with Crippen molar-refractivity contribution in [2.75, 3.05) is 6.61 Å². The first-order valence-electron chi connectivity index (χ1n) is 12.4. The zero-order chi connectivity index (χ0) is 27.8. The molecule has 1 fully saturated rings. The minimum atomic E-state index is -1.66. The van der Waals surface area contributed by atoms with Crippen molar-refractivity contribution in [3.63, 3.8) is 0 Å². The van der Waals surface area contributed by atoms with Crippen LogP contribution in [0.3, 0.4) is 0 Å². The first kappa shape index (κ1) is 29.5. The van der Waals surface area contributed by atoms with Crippen LogP contribution < -0.4 is 0 Å². The molecule has 1 aliphatic rings. The van der Waals surface area contributed by atoms with Crippen molar-refractivity contribution >= 4 is 11.6 Å². The van der Waals surface area contributed by atoms with E-state index in [1.807, 2.05) is 0 Å². The molecular formula is C27H34O11. The van der Waals surface area contributed by atoms with Crippen LogP contribution in [0.2, 0.25) is 0 Å². The highest BCUT2D eigenvalue weighted by Crippen LogP contribution is 2.27. The summed E-state index contributed by atoms with van der Waals surface area (Å²) >= 11 is 0. The number of hydrogen-bond donors (Lipinski definition) is 7. The van der Waals surface area contributed by atoms with Gasteiger partial charge in [-0.05, 0) is 61.1 Å². The number of carbonyl (C=O) groups excluding carboxylic acids is 2. The molecule has 6 atom stereocenters. The normalized spacial score (nSPS) is 24.2. The van der Waals surface area contributed by atoms with E-state index < -0.39 is 55.0 Å². The molecule has 0 radical (unpaired) electrons. The highest BCUT2D eigenvalue weighted by atomic mass is 16.7. The molecule has 1 saturated heterocycles. The van der Waals surface area contributed by atoms with Crippen molar-refractivity contribution < 1.29 is 54.8 Å². The first-order valence-corrected chi connectivity index (χ1v) is 12.4. The number of aliphatic hydroxyl groups is 4. The number of Topliss-reactive ketones (excluding diaryl/α,β-unsaturated/α-hetero) is 2. The van der Waals surface area contributed by atoms with Gasteiger partial charge >= 0.3 is 0 Å². The van der Waals surface area contributed by atoms with Crippen molar-refractivity contribution in [3.05, 3.63) is 53.6 Å². The molecule has 208 valence electrons. The third-order valence-corrected chi connectivity index (χ3v) is 6.50. The largest absolute Gasteiger partial charge is 0.508 e. The average Bonchev–Trinajstić information content (AvgIpc) is 2.90. The molecular weight excluding hydrogens is 500 g/mol. The third kappa shape index (κ3) is 7.97. The molecule has 0 spiro atoms. The SMILES string of the molecule is O=C(CCCc1ccc(O)c(O)c1)C(=O)CC(CCc1ccc(O)cc1)OC1OC(CO)C(O)C(O)C1O. The van der Waals surface area contributed by atoms with Gasteiger partial charge in [0.05, 0.1) is 12.7 Å². The van der Waals surface area contributed by atoms with Gasteiger partial charge in [-0.15, -0.1) is 0 Å². The Morgan fingerprint density at radius 1 is 0.842 bits per heavy atom. The monoisotopic (exact) mass is 534 g/mol. The molecule has 0 aromatic heterocycles.